The lowest BCUT2D eigenvalue weighted by atomic mass is 9.38. The van der Waals surface area contributed by atoms with E-state index in [9.17, 15) is 0 Å². The fourth-order valence-corrected chi connectivity index (χ4v) is 10.6. The Kier molecular flexibility index (Phi) is 4.47. The third-order valence-electron chi connectivity index (χ3n) is 12.4. The van der Waals surface area contributed by atoms with Crippen molar-refractivity contribution in [3.05, 3.63) is 23.3 Å². The summed E-state index contributed by atoms with van der Waals surface area (Å²) in [6.45, 7) is 20.8. The first-order valence-corrected chi connectivity index (χ1v) is 13.3. The molecule has 5 aliphatic carbocycles. The Balaban J connectivity index is 1.59. The van der Waals surface area contributed by atoms with Gasteiger partial charge in [0.2, 0.25) is 0 Å². The smallest absolute Gasteiger partial charge is 0.00158 e. The summed E-state index contributed by atoms with van der Waals surface area (Å²) in [5.41, 5.74) is 5.87. The molecule has 3 fully saturated rings. The Hall–Kier alpha value is -0.520. The average Bonchev–Trinajstić information content (AvgIpc) is 3.01. The van der Waals surface area contributed by atoms with Crippen molar-refractivity contribution in [3.8, 4) is 0 Å². The molecule has 2 unspecified atom stereocenters. The molecule has 0 spiro atoms. The molecule has 3 saturated carbocycles. The third-order valence-corrected chi connectivity index (χ3v) is 12.4. The van der Waals surface area contributed by atoms with E-state index in [-0.39, 0.29) is 0 Å². The maximum Gasteiger partial charge on any atom is -0.00158 e. The lowest BCUT2D eigenvalue weighted by molar-refractivity contribution is -0.102. The monoisotopic (exact) mass is 408 g/mol. The number of hydrogen-bond donors (Lipinski definition) is 0. The van der Waals surface area contributed by atoms with Gasteiger partial charge in [0.15, 0.2) is 0 Å². The summed E-state index contributed by atoms with van der Waals surface area (Å²) in [4.78, 5) is 0. The Morgan fingerprint density at radius 1 is 0.800 bits per heavy atom. The van der Waals surface area contributed by atoms with Crippen LogP contribution in [0.15, 0.2) is 23.3 Å². The van der Waals surface area contributed by atoms with Gasteiger partial charge in [-0.05, 0) is 113 Å². The van der Waals surface area contributed by atoms with Crippen LogP contribution in [0.5, 0.6) is 0 Å². The standard InChI is InChI=1S/C30H48/c1-20(2)21-10-13-25-28(21,6)18-19-29(7)23-11-12-24-26(3,4)15-9-16-27(24,5)22(23)14-17-30(25,29)8/h11,14,20-21,24-25H,9-10,12-13,15-19H2,1-8H3/t21-,24?,25?,27-,28-,29-,30+/m1/s1. The average molecular weight is 409 g/mol. The van der Waals surface area contributed by atoms with Gasteiger partial charge in [-0.15, -0.1) is 0 Å². The second kappa shape index (κ2) is 6.29. The molecule has 0 radical (unpaired) electrons. The van der Waals surface area contributed by atoms with Crippen LogP contribution in [0.1, 0.15) is 113 Å². The number of hydrogen-bond acceptors (Lipinski definition) is 0. The molecule has 0 aromatic carbocycles. The van der Waals surface area contributed by atoms with E-state index < -0.39 is 0 Å². The molecule has 0 bridgehead atoms. The van der Waals surface area contributed by atoms with Gasteiger partial charge in [-0.3, -0.25) is 0 Å². The lowest BCUT2D eigenvalue weighted by Crippen LogP contribution is -2.58. The van der Waals surface area contributed by atoms with Crippen molar-refractivity contribution in [2.45, 2.75) is 113 Å². The van der Waals surface area contributed by atoms with E-state index in [0.717, 1.165) is 23.7 Å². The van der Waals surface area contributed by atoms with Gasteiger partial charge in [0.25, 0.3) is 0 Å². The molecule has 0 N–H and O–H groups in total. The van der Waals surface area contributed by atoms with Gasteiger partial charge in [0, 0.05) is 0 Å². The van der Waals surface area contributed by atoms with Gasteiger partial charge >= 0.3 is 0 Å². The molecule has 30 heavy (non-hydrogen) atoms. The van der Waals surface area contributed by atoms with Crippen LogP contribution < -0.4 is 0 Å². The normalized spacial score (nSPS) is 52.0. The predicted octanol–water partition coefficient (Wildman–Crippen LogP) is 8.97. The van der Waals surface area contributed by atoms with Crippen LogP contribution in [0.2, 0.25) is 0 Å². The first-order chi connectivity index (χ1) is 13.9. The highest BCUT2D eigenvalue weighted by Crippen LogP contribution is 2.75. The highest BCUT2D eigenvalue weighted by atomic mass is 14.7. The minimum Gasteiger partial charge on any atom is -0.0801 e. The topological polar surface area (TPSA) is 0 Å². The maximum absolute atomic E-state index is 2.79. The molecule has 0 amide bonds. The fourth-order valence-electron chi connectivity index (χ4n) is 10.6. The molecule has 0 heterocycles. The Bertz CT molecular complexity index is 795. The van der Waals surface area contributed by atoms with Crippen LogP contribution in [0.3, 0.4) is 0 Å². The zero-order valence-electron chi connectivity index (χ0n) is 21.3. The quantitative estimate of drug-likeness (QED) is 0.406. The van der Waals surface area contributed by atoms with E-state index in [1.165, 1.54) is 57.8 Å². The van der Waals surface area contributed by atoms with Crippen LogP contribution in [-0.4, -0.2) is 0 Å². The van der Waals surface area contributed by atoms with Gasteiger partial charge in [-0.2, -0.15) is 0 Å². The van der Waals surface area contributed by atoms with E-state index in [0.29, 0.717) is 27.1 Å². The van der Waals surface area contributed by atoms with Gasteiger partial charge in [-0.1, -0.05) is 74.0 Å². The molecular weight excluding hydrogens is 360 g/mol. The van der Waals surface area contributed by atoms with Crippen LogP contribution in [0.4, 0.5) is 0 Å². The van der Waals surface area contributed by atoms with Crippen molar-refractivity contribution < 1.29 is 0 Å². The van der Waals surface area contributed by atoms with Gasteiger partial charge < -0.3 is 0 Å². The van der Waals surface area contributed by atoms with Crippen LogP contribution in [-0.2, 0) is 0 Å². The van der Waals surface area contributed by atoms with E-state index in [1.54, 1.807) is 5.57 Å². The summed E-state index contributed by atoms with van der Waals surface area (Å²) in [7, 11) is 0. The summed E-state index contributed by atoms with van der Waals surface area (Å²) in [5.74, 6) is 3.48. The van der Waals surface area contributed by atoms with Crippen LogP contribution >= 0.6 is 0 Å². The Morgan fingerprint density at radius 2 is 1.53 bits per heavy atom. The van der Waals surface area contributed by atoms with Gasteiger partial charge in [0.1, 0.15) is 0 Å². The summed E-state index contributed by atoms with van der Waals surface area (Å²) in [6.07, 6.45) is 18.2. The summed E-state index contributed by atoms with van der Waals surface area (Å²) < 4.78 is 0. The molecule has 0 aromatic rings. The summed E-state index contributed by atoms with van der Waals surface area (Å²) in [6, 6.07) is 0. The fraction of sp³-hybridized carbons (Fsp3) is 0.867. The number of allylic oxidation sites excluding steroid dienone is 4. The van der Waals surface area contributed by atoms with Gasteiger partial charge in [0.05, 0.1) is 0 Å². The van der Waals surface area contributed by atoms with E-state index in [1.807, 2.05) is 5.57 Å². The van der Waals surface area contributed by atoms with Crippen molar-refractivity contribution in [2.24, 2.45) is 50.7 Å². The van der Waals surface area contributed by atoms with Crippen molar-refractivity contribution >= 4 is 0 Å². The molecule has 7 atom stereocenters. The number of fused-ring (bicyclic) bond motifs is 7. The number of rotatable bonds is 1. The van der Waals surface area contributed by atoms with Crippen LogP contribution in [0.25, 0.3) is 0 Å². The first kappa shape index (κ1) is 21.3. The Morgan fingerprint density at radius 3 is 2.23 bits per heavy atom. The van der Waals surface area contributed by atoms with E-state index in [2.05, 4.69) is 67.5 Å². The molecular formula is C30H48. The third kappa shape index (κ3) is 2.41. The summed E-state index contributed by atoms with van der Waals surface area (Å²) >= 11 is 0. The zero-order valence-corrected chi connectivity index (χ0v) is 21.3. The van der Waals surface area contributed by atoms with E-state index in [4.69, 9.17) is 0 Å². The molecule has 0 saturated heterocycles. The van der Waals surface area contributed by atoms with Gasteiger partial charge in [-0.25, -0.2) is 0 Å². The molecule has 0 aromatic heterocycles. The van der Waals surface area contributed by atoms with Crippen molar-refractivity contribution in [1.82, 2.24) is 0 Å². The second-order valence-electron chi connectivity index (χ2n) is 14.2. The molecule has 0 aliphatic heterocycles. The highest BCUT2D eigenvalue weighted by molar-refractivity contribution is 5.49. The summed E-state index contributed by atoms with van der Waals surface area (Å²) in [5, 5.41) is 0. The lowest BCUT2D eigenvalue weighted by Gasteiger charge is -2.66. The Labute approximate surface area is 187 Å². The highest BCUT2D eigenvalue weighted by Gasteiger charge is 2.66. The maximum atomic E-state index is 2.79. The zero-order chi connectivity index (χ0) is 21.7. The molecule has 168 valence electrons. The molecule has 5 rings (SSSR count). The van der Waals surface area contributed by atoms with Crippen molar-refractivity contribution in [1.29, 1.82) is 0 Å². The molecule has 0 heteroatoms. The predicted molar refractivity (Wildman–Crippen MR) is 129 cm³/mol. The van der Waals surface area contributed by atoms with E-state index >= 15 is 0 Å². The SMILES string of the molecule is CC(C)[C@H]1CCC2[C@]1(C)CC[C@]1(C)C3=CCC4C(C)(C)CCC[C@]4(C)C3=CC[C@@]21C. The second-order valence-corrected chi connectivity index (χ2v) is 14.2. The minimum absolute atomic E-state index is 0.378. The first-order valence-electron chi connectivity index (χ1n) is 13.3. The molecule has 5 aliphatic rings. The largest absolute Gasteiger partial charge is 0.0801 e. The van der Waals surface area contributed by atoms with Crippen molar-refractivity contribution in [2.75, 3.05) is 0 Å². The van der Waals surface area contributed by atoms with Crippen molar-refractivity contribution in [3.63, 3.8) is 0 Å². The minimum atomic E-state index is 0.378. The van der Waals surface area contributed by atoms with Crippen LogP contribution in [0, 0.1) is 50.7 Å². The molecule has 0 nitrogen and oxygen atoms in total.